The van der Waals surface area contributed by atoms with Crippen molar-refractivity contribution in [1.29, 1.82) is 0 Å². The van der Waals surface area contributed by atoms with Crippen LogP contribution in [0.25, 0.3) is 0 Å². The second kappa shape index (κ2) is 13.9. The molecule has 4 heterocycles. The smallest absolute Gasteiger partial charge is 0.408 e. The third-order valence-electron chi connectivity index (χ3n) is 9.23. The van der Waals surface area contributed by atoms with Crippen LogP contribution in [0.5, 0.6) is 0 Å². The Balaban J connectivity index is 1.45. The largest absolute Gasteiger partial charge is 0.458 e. The molecule has 45 heavy (non-hydrogen) atoms. The van der Waals surface area contributed by atoms with Crippen LogP contribution in [0, 0.1) is 5.92 Å². The molecule has 5 rings (SSSR count). The highest BCUT2D eigenvalue weighted by molar-refractivity contribution is 5.97. The van der Waals surface area contributed by atoms with Gasteiger partial charge in [0.2, 0.25) is 23.6 Å². The summed E-state index contributed by atoms with van der Waals surface area (Å²) < 4.78 is 11.2. The van der Waals surface area contributed by atoms with E-state index in [4.69, 9.17) is 9.47 Å². The van der Waals surface area contributed by atoms with Gasteiger partial charge in [-0.3, -0.25) is 19.2 Å². The molecule has 1 aromatic rings. The highest BCUT2D eigenvalue weighted by Gasteiger charge is 2.47. The molecule has 2 N–H and O–H groups in total. The van der Waals surface area contributed by atoms with Gasteiger partial charge >= 0.3 is 12.1 Å². The van der Waals surface area contributed by atoms with Crippen LogP contribution in [0.3, 0.4) is 0 Å². The quantitative estimate of drug-likeness (QED) is 0.477. The first-order chi connectivity index (χ1) is 21.5. The summed E-state index contributed by atoms with van der Waals surface area (Å²) in [6.45, 7) is 5.86. The summed E-state index contributed by atoms with van der Waals surface area (Å²) in [7, 11) is 0. The number of alkyl carbamates (subject to hydrolysis) is 1. The van der Waals surface area contributed by atoms with Crippen LogP contribution in [0.2, 0.25) is 0 Å². The van der Waals surface area contributed by atoms with Crippen molar-refractivity contribution >= 4 is 35.7 Å². The van der Waals surface area contributed by atoms with Crippen LogP contribution in [0.15, 0.2) is 30.3 Å². The zero-order valence-corrected chi connectivity index (χ0v) is 26.1. The van der Waals surface area contributed by atoms with Gasteiger partial charge in [0, 0.05) is 19.6 Å². The summed E-state index contributed by atoms with van der Waals surface area (Å²) in [5, 5.41) is 5.37. The second-order valence-corrected chi connectivity index (χ2v) is 12.6. The topological polar surface area (TPSA) is 155 Å². The Morgan fingerprint density at radius 1 is 0.867 bits per heavy atom. The second-order valence-electron chi connectivity index (χ2n) is 12.6. The molecule has 13 nitrogen and oxygen atoms in total. The number of cyclic esters (lactones) is 1. The molecule has 1 aromatic carbocycles. The predicted octanol–water partition coefficient (Wildman–Crippen LogP) is 1.34. The van der Waals surface area contributed by atoms with Crippen molar-refractivity contribution in [2.45, 2.75) is 102 Å². The van der Waals surface area contributed by atoms with Crippen molar-refractivity contribution in [3.05, 3.63) is 35.9 Å². The average molecular weight is 626 g/mol. The summed E-state index contributed by atoms with van der Waals surface area (Å²) in [6, 6.07) is 4.19. The Bertz CT molecular complexity index is 1310. The number of amides is 5. The lowest BCUT2D eigenvalue weighted by Gasteiger charge is -2.39. The normalized spacial score (nSPS) is 31.5. The molecule has 13 heteroatoms. The van der Waals surface area contributed by atoms with Gasteiger partial charge in [-0.15, -0.1) is 0 Å². The van der Waals surface area contributed by atoms with Crippen LogP contribution in [-0.2, 0) is 40.1 Å². The van der Waals surface area contributed by atoms with E-state index in [1.165, 1.54) is 21.6 Å². The van der Waals surface area contributed by atoms with E-state index in [0.717, 1.165) is 12.0 Å². The number of piperidine rings is 1. The number of fused-ring (bicyclic) bond motifs is 3. The molecule has 0 saturated carbocycles. The molecule has 7 atom stereocenters. The van der Waals surface area contributed by atoms with E-state index < -0.39 is 66.1 Å². The molecule has 0 spiro atoms. The van der Waals surface area contributed by atoms with Gasteiger partial charge in [-0.25, -0.2) is 9.59 Å². The fourth-order valence-electron chi connectivity index (χ4n) is 6.86. The van der Waals surface area contributed by atoms with Crippen LogP contribution in [-0.4, -0.2) is 106 Å². The van der Waals surface area contributed by atoms with Crippen molar-refractivity contribution in [2.75, 3.05) is 19.6 Å². The molecule has 0 aliphatic carbocycles. The van der Waals surface area contributed by atoms with E-state index in [1.54, 1.807) is 19.1 Å². The van der Waals surface area contributed by atoms with E-state index in [2.05, 4.69) is 10.6 Å². The maximum Gasteiger partial charge on any atom is 0.408 e. The molecular weight excluding hydrogens is 582 g/mol. The van der Waals surface area contributed by atoms with Crippen molar-refractivity contribution in [3.8, 4) is 0 Å². The van der Waals surface area contributed by atoms with E-state index in [0.29, 0.717) is 45.2 Å². The summed E-state index contributed by atoms with van der Waals surface area (Å²) >= 11 is 0. The van der Waals surface area contributed by atoms with Gasteiger partial charge < -0.3 is 34.8 Å². The van der Waals surface area contributed by atoms with Gasteiger partial charge in [0.05, 0.1) is 0 Å². The maximum absolute atomic E-state index is 14.1. The Morgan fingerprint density at radius 3 is 2.31 bits per heavy atom. The molecule has 0 bridgehead atoms. The first-order valence-electron chi connectivity index (χ1n) is 15.9. The van der Waals surface area contributed by atoms with Gasteiger partial charge in [-0.1, -0.05) is 37.3 Å². The Kier molecular flexibility index (Phi) is 9.93. The minimum atomic E-state index is -1.36. The Labute approximate surface area is 262 Å². The molecule has 0 aromatic heterocycles. The van der Waals surface area contributed by atoms with Crippen molar-refractivity contribution in [3.63, 3.8) is 0 Å². The number of nitrogens with one attached hydrogen (secondary N) is 2. The number of benzene rings is 1. The van der Waals surface area contributed by atoms with Crippen LogP contribution >= 0.6 is 0 Å². The predicted molar refractivity (Wildman–Crippen MR) is 160 cm³/mol. The fourth-order valence-corrected chi connectivity index (χ4v) is 6.86. The number of carbonyl (C=O) groups is 6. The van der Waals surface area contributed by atoms with Gasteiger partial charge in [0.15, 0.2) is 0 Å². The average Bonchev–Trinajstić information content (AvgIpc) is 3.69. The number of nitrogens with zero attached hydrogens (tertiary/aromatic N) is 3. The third kappa shape index (κ3) is 7.07. The maximum atomic E-state index is 14.1. The van der Waals surface area contributed by atoms with E-state index in [1.807, 2.05) is 25.1 Å². The zero-order valence-electron chi connectivity index (χ0n) is 26.1. The van der Waals surface area contributed by atoms with Crippen molar-refractivity contribution in [1.82, 2.24) is 25.3 Å². The summed E-state index contributed by atoms with van der Waals surface area (Å²) in [5.74, 6) is -2.53. The Hall–Kier alpha value is -4.16. The highest BCUT2D eigenvalue weighted by Crippen LogP contribution is 2.28. The number of esters is 1. The molecular formula is C32H43N5O8. The lowest BCUT2D eigenvalue weighted by atomic mass is 9.99. The number of hydrogen-bond acceptors (Lipinski definition) is 8. The summed E-state index contributed by atoms with van der Waals surface area (Å²) in [5.41, 5.74) is 0.746. The number of carbonyl (C=O) groups excluding carboxylic acids is 6. The fraction of sp³-hybridized carbons (Fsp3) is 0.625. The van der Waals surface area contributed by atoms with Gasteiger partial charge in [-0.2, -0.15) is 0 Å². The minimum Gasteiger partial charge on any atom is -0.458 e. The molecule has 4 aliphatic heterocycles. The molecule has 4 fully saturated rings. The monoisotopic (exact) mass is 625 g/mol. The van der Waals surface area contributed by atoms with Crippen molar-refractivity contribution < 1.29 is 38.2 Å². The molecule has 1 unspecified atom stereocenters. The van der Waals surface area contributed by atoms with Crippen LogP contribution < -0.4 is 10.6 Å². The molecule has 4 aliphatic rings. The van der Waals surface area contributed by atoms with E-state index >= 15 is 0 Å². The summed E-state index contributed by atoms with van der Waals surface area (Å²) in [4.78, 5) is 86.0. The van der Waals surface area contributed by atoms with Crippen molar-refractivity contribution in [2.24, 2.45) is 5.92 Å². The number of rotatable bonds is 3. The van der Waals surface area contributed by atoms with Gasteiger partial charge in [0.1, 0.15) is 42.9 Å². The Morgan fingerprint density at radius 2 is 1.56 bits per heavy atom. The number of hydrogen-bond donors (Lipinski definition) is 2. The first-order valence-corrected chi connectivity index (χ1v) is 15.9. The van der Waals surface area contributed by atoms with E-state index in [9.17, 15) is 28.8 Å². The molecule has 244 valence electrons. The van der Waals surface area contributed by atoms with Gasteiger partial charge in [-0.05, 0) is 63.9 Å². The van der Waals surface area contributed by atoms with Crippen LogP contribution in [0.4, 0.5) is 4.79 Å². The minimum absolute atomic E-state index is 0.00729. The SMILES string of the molecule is C[C@H]1CC2C(=O)O[C@@H](C)[C@H](NC(=O)OCc3ccccc3)C(=O)N3CCC[C@H]3C(=O)N3CCCC[C@H]3C(=O)N[C@@H](C)C(=O)N2C1. The molecule has 5 amide bonds. The lowest BCUT2D eigenvalue weighted by molar-refractivity contribution is -0.162. The first kappa shape index (κ1) is 32.2. The standard InChI is InChI=1S/C32H43N5O8/c1-19-16-25-31(42)45-21(3)26(34-32(43)44-18-22-10-5-4-6-11-22)30(41)36-15-9-13-24(36)29(40)35-14-8-7-12-23(35)27(38)33-20(2)28(39)37(25)17-19/h4-6,10-11,19-21,23-26H,7-9,12-18H2,1-3H3,(H,33,38)(H,34,43)/t19-,20-,21-,23-,24-,25?,26-/m0/s1. The lowest BCUT2D eigenvalue weighted by Crippen LogP contribution is -2.62. The third-order valence-corrected chi connectivity index (χ3v) is 9.23. The highest BCUT2D eigenvalue weighted by atomic mass is 16.6. The van der Waals surface area contributed by atoms with E-state index in [-0.39, 0.29) is 25.0 Å². The molecule has 0 radical (unpaired) electrons. The van der Waals surface area contributed by atoms with Crippen LogP contribution in [0.1, 0.15) is 64.9 Å². The van der Waals surface area contributed by atoms with Gasteiger partial charge in [0.25, 0.3) is 0 Å². The molecule has 4 saturated heterocycles. The summed E-state index contributed by atoms with van der Waals surface area (Å²) in [6.07, 6.45) is 1.14. The number of ether oxygens (including phenoxy) is 2. The zero-order chi connectivity index (χ0) is 32.2.